The summed E-state index contributed by atoms with van der Waals surface area (Å²) in [7, 11) is 0. The third kappa shape index (κ3) is 3.13. The molecule has 1 saturated heterocycles. The number of hydrogen-bond donors (Lipinski definition) is 2. The Balaban J connectivity index is 1.71. The average molecular weight is 338 g/mol. The molecule has 7 heteroatoms. The first-order valence-electron chi connectivity index (χ1n) is 8.12. The van der Waals surface area contributed by atoms with Crippen LogP contribution in [0.3, 0.4) is 0 Å². The highest BCUT2D eigenvalue weighted by Crippen LogP contribution is 2.32. The van der Waals surface area contributed by atoms with Crippen molar-refractivity contribution in [2.45, 2.75) is 37.6 Å². The maximum atomic E-state index is 13.9. The van der Waals surface area contributed by atoms with Gasteiger partial charge in [-0.15, -0.1) is 0 Å². The van der Waals surface area contributed by atoms with Crippen LogP contribution in [0.15, 0.2) is 18.2 Å². The van der Waals surface area contributed by atoms with Crippen molar-refractivity contribution >= 4 is 17.5 Å². The SMILES string of the molecule is O=C(NC1(CO)CCCC1)C1CC(=O)N(c2ccc(F)cc2F)C1. The van der Waals surface area contributed by atoms with Crippen LogP contribution in [0, 0.1) is 17.6 Å². The molecular weight excluding hydrogens is 318 g/mol. The van der Waals surface area contributed by atoms with Crippen molar-refractivity contribution in [3.8, 4) is 0 Å². The van der Waals surface area contributed by atoms with Gasteiger partial charge in [-0.2, -0.15) is 0 Å². The number of nitrogens with one attached hydrogen (secondary N) is 1. The highest BCUT2D eigenvalue weighted by atomic mass is 19.1. The molecule has 3 rings (SSSR count). The van der Waals surface area contributed by atoms with Crippen molar-refractivity contribution < 1.29 is 23.5 Å². The summed E-state index contributed by atoms with van der Waals surface area (Å²) in [6.45, 7) is -0.0789. The lowest BCUT2D eigenvalue weighted by molar-refractivity contribution is -0.128. The smallest absolute Gasteiger partial charge is 0.227 e. The largest absolute Gasteiger partial charge is 0.394 e. The van der Waals surface area contributed by atoms with Crippen LogP contribution < -0.4 is 10.2 Å². The minimum atomic E-state index is -0.827. The van der Waals surface area contributed by atoms with Gasteiger partial charge in [0.2, 0.25) is 11.8 Å². The predicted octanol–water partition coefficient (Wildman–Crippen LogP) is 1.74. The Bertz CT molecular complexity index is 659. The summed E-state index contributed by atoms with van der Waals surface area (Å²) in [6.07, 6.45) is 3.29. The molecule has 1 unspecified atom stereocenters. The van der Waals surface area contributed by atoms with Crippen LogP contribution in [-0.2, 0) is 9.59 Å². The van der Waals surface area contributed by atoms with Crippen molar-refractivity contribution in [3.05, 3.63) is 29.8 Å². The fourth-order valence-electron chi connectivity index (χ4n) is 3.55. The summed E-state index contributed by atoms with van der Waals surface area (Å²) in [5.41, 5.74) is -0.622. The second kappa shape index (κ2) is 6.47. The minimum absolute atomic E-state index is 0.0190. The molecular formula is C17H20F2N2O3. The second-order valence-corrected chi connectivity index (χ2v) is 6.64. The Hall–Kier alpha value is -2.02. The number of amides is 2. The van der Waals surface area contributed by atoms with E-state index in [-0.39, 0.29) is 37.1 Å². The number of halogens is 2. The molecule has 0 spiro atoms. The lowest BCUT2D eigenvalue weighted by atomic mass is 9.97. The number of hydrogen-bond acceptors (Lipinski definition) is 3. The van der Waals surface area contributed by atoms with Gasteiger partial charge in [0, 0.05) is 19.0 Å². The van der Waals surface area contributed by atoms with Crippen LogP contribution in [0.4, 0.5) is 14.5 Å². The maximum Gasteiger partial charge on any atom is 0.227 e. The van der Waals surface area contributed by atoms with E-state index < -0.39 is 23.1 Å². The zero-order valence-corrected chi connectivity index (χ0v) is 13.2. The van der Waals surface area contributed by atoms with Gasteiger partial charge in [0.15, 0.2) is 0 Å². The molecule has 2 amide bonds. The van der Waals surface area contributed by atoms with Crippen LogP contribution >= 0.6 is 0 Å². The Morgan fingerprint density at radius 1 is 1.33 bits per heavy atom. The van der Waals surface area contributed by atoms with E-state index in [4.69, 9.17) is 0 Å². The van der Waals surface area contributed by atoms with Crippen molar-refractivity contribution in [1.29, 1.82) is 0 Å². The fraction of sp³-hybridized carbons (Fsp3) is 0.529. The summed E-state index contributed by atoms with van der Waals surface area (Å²) in [5, 5.41) is 12.5. The maximum absolute atomic E-state index is 13.9. The number of benzene rings is 1. The Morgan fingerprint density at radius 3 is 2.67 bits per heavy atom. The zero-order chi connectivity index (χ0) is 17.3. The quantitative estimate of drug-likeness (QED) is 0.879. The third-order valence-electron chi connectivity index (χ3n) is 4.95. The molecule has 1 saturated carbocycles. The molecule has 0 bridgehead atoms. The topological polar surface area (TPSA) is 69.6 Å². The molecule has 1 aliphatic heterocycles. The summed E-state index contributed by atoms with van der Waals surface area (Å²) >= 11 is 0. The van der Waals surface area contributed by atoms with Crippen molar-refractivity contribution in [2.75, 3.05) is 18.1 Å². The van der Waals surface area contributed by atoms with E-state index in [0.29, 0.717) is 12.8 Å². The molecule has 2 N–H and O–H groups in total. The van der Waals surface area contributed by atoms with Crippen LogP contribution in [-0.4, -0.2) is 35.6 Å². The van der Waals surface area contributed by atoms with E-state index in [9.17, 15) is 23.5 Å². The van der Waals surface area contributed by atoms with Crippen LogP contribution in [0.2, 0.25) is 0 Å². The van der Waals surface area contributed by atoms with Gasteiger partial charge in [-0.3, -0.25) is 9.59 Å². The minimum Gasteiger partial charge on any atom is -0.394 e. The summed E-state index contributed by atoms with van der Waals surface area (Å²) in [5.74, 6) is -2.82. The Morgan fingerprint density at radius 2 is 2.04 bits per heavy atom. The fourth-order valence-corrected chi connectivity index (χ4v) is 3.55. The van der Waals surface area contributed by atoms with E-state index in [0.717, 1.165) is 25.0 Å². The van der Waals surface area contributed by atoms with Gasteiger partial charge in [0.05, 0.1) is 23.8 Å². The van der Waals surface area contributed by atoms with E-state index >= 15 is 0 Å². The van der Waals surface area contributed by atoms with Crippen LogP contribution in [0.5, 0.6) is 0 Å². The number of rotatable bonds is 4. The molecule has 0 aromatic heterocycles. The first kappa shape index (κ1) is 16.8. The normalized spacial score (nSPS) is 22.9. The van der Waals surface area contributed by atoms with Crippen LogP contribution in [0.1, 0.15) is 32.1 Å². The van der Waals surface area contributed by atoms with Crippen molar-refractivity contribution in [2.24, 2.45) is 5.92 Å². The molecule has 1 heterocycles. The monoisotopic (exact) mass is 338 g/mol. The number of carbonyl (C=O) groups excluding carboxylic acids is 2. The lowest BCUT2D eigenvalue weighted by Crippen LogP contribution is -2.51. The van der Waals surface area contributed by atoms with E-state index in [1.54, 1.807) is 0 Å². The molecule has 2 aliphatic rings. The molecule has 1 aromatic rings. The van der Waals surface area contributed by atoms with Gasteiger partial charge in [-0.05, 0) is 25.0 Å². The first-order valence-corrected chi connectivity index (χ1v) is 8.12. The molecule has 1 aliphatic carbocycles. The Kier molecular flexibility index (Phi) is 4.54. The van der Waals surface area contributed by atoms with E-state index in [1.807, 2.05) is 0 Å². The highest BCUT2D eigenvalue weighted by molar-refractivity contribution is 6.00. The molecule has 5 nitrogen and oxygen atoms in total. The molecule has 0 radical (unpaired) electrons. The first-order chi connectivity index (χ1) is 11.4. The standard InChI is InChI=1S/C17H20F2N2O3/c18-12-3-4-14(13(19)8-12)21-9-11(7-15(21)23)16(24)20-17(10-22)5-1-2-6-17/h3-4,8,11,22H,1-2,5-7,9-10H2,(H,20,24). The van der Waals surface area contributed by atoms with Gasteiger partial charge in [-0.25, -0.2) is 8.78 Å². The predicted molar refractivity (Wildman–Crippen MR) is 83.2 cm³/mol. The number of anilines is 1. The highest BCUT2D eigenvalue weighted by Gasteiger charge is 2.41. The van der Waals surface area contributed by atoms with Gasteiger partial charge < -0.3 is 15.3 Å². The molecule has 1 aromatic carbocycles. The summed E-state index contributed by atoms with van der Waals surface area (Å²) in [4.78, 5) is 25.8. The van der Waals surface area contributed by atoms with Crippen LogP contribution in [0.25, 0.3) is 0 Å². The lowest BCUT2D eigenvalue weighted by Gasteiger charge is -2.29. The summed E-state index contributed by atoms with van der Waals surface area (Å²) < 4.78 is 26.9. The van der Waals surface area contributed by atoms with Gasteiger partial charge >= 0.3 is 0 Å². The summed E-state index contributed by atoms with van der Waals surface area (Å²) in [6, 6.07) is 3.00. The van der Waals surface area contributed by atoms with Crippen molar-refractivity contribution in [3.63, 3.8) is 0 Å². The van der Waals surface area contributed by atoms with Gasteiger partial charge in [-0.1, -0.05) is 12.8 Å². The molecule has 24 heavy (non-hydrogen) atoms. The van der Waals surface area contributed by atoms with Gasteiger partial charge in [0.25, 0.3) is 0 Å². The number of aliphatic hydroxyl groups excluding tert-OH is 1. The molecule has 130 valence electrons. The second-order valence-electron chi connectivity index (χ2n) is 6.64. The average Bonchev–Trinajstić information content (AvgIpc) is 3.15. The number of nitrogens with zero attached hydrogens (tertiary/aromatic N) is 1. The molecule has 1 atom stereocenters. The van der Waals surface area contributed by atoms with E-state index in [1.165, 1.54) is 11.0 Å². The molecule has 2 fully saturated rings. The third-order valence-corrected chi connectivity index (χ3v) is 4.95. The Labute approximate surface area is 138 Å². The van der Waals surface area contributed by atoms with Gasteiger partial charge in [0.1, 0.15) is 11.6 Å². The number of aliphatic hydroxyl groups is 1. The van der Waals surface area contributed by atoms with Crippen molar-refractivity contribution in [1.82, 2.24) is 5.32 Å². The zero-order valence-electron chi connectivity index (χ0n) is 13.2. The van der Waals surface area contributed by atoms with E-state index in [2.05, 4.69) is 5.32 Å². The number of carbonyl (C=O) groups is 2.